The molecule has 2 heterocycles. The molecular formula is C14H13ClN4. The molecule has 0 bridgehead atoms. The number of anilines is 1. The molecule has 4 nitrogen and oxygen atoms in total. The number of benzene rings is 1. The summed E-state index contributed by atoms with van der Waals surface area (Å²) < 4.78 is 1.77. The number of aromatic amines is 1. The third-order valence-corrected chi connectivity index (χ3v) is 3.17. The summed E-state index contributed by atoms with van der Waals surface area (Å²) in [6.45, 7) is 0.734. The lowest BCUT2D eigenvalue weighted by atomic mass is 10.2. The molecule has 19 heavy (non-hydrogen) atoms. The molecule has 2 N–H and O–H groups in total. The number of nitrogens with one attached hydrogen (secondary N) is 2. The summed E-state index contributed by atoms with van der Waals surface area (Å²) >= 11 is 6.27. The van der Waals surface area contributed by atoms with Gasteiger partial charge in [0.1, 0.15) is 5.69 Å². The standard InChI is InChI=1S/C14H13ClN4/c15-12-3-1-4-13(14(12)19-8-2-6-18-19)17-10-11-5-7-16-9-11/h1-9,16-17H,10H2. The maximum Gasteiger partial charge on any atom is 0.106 e. The molecule has 0 spiro atoms. The fourth-order valence-electron chi connectivity index (χ4n) is 1.96. The van der Waals surface area contributed by atoms with Crippen LogP contribution in [0.1, 0.15) is 5.56 Å². The first-order valence-corrected chi connectivity index (χ1v) is 6.36. The highest BCUT2D eigenvalue weighted by molar-refractivity contribution is 6.33. The minimum absolute atomic E-state index is 0.669. The summed E-state index contributed by atoms with van der Waals surface area (Å²) in [7, 11) is 0. The van der Waals surface area contributed by atoms with Gasteiger partial charge >= 0.3 is 0 Å². The first kappa shape index (κ1) is 11.9. The van der Waals surface area contributed by atoms with Gasteiger partial charge in [0, 0.05) is 31.3 Å². The molecule has 5 heteroatoms. The molecule has 0 atom stereocenters. The van der Waals surface area contributed by atoms with Crippen molar-refractivity contribution in [2.75, 3.05) is 5.32 Å². The molecule has 1 aromatic carbocycles. The van der Waals surface area contributed by atoms with Crippen molar-refractivity contribution in [3.05, 3.63) is 65.7 Å². The Balaban J connectivity index is 1.91. The molecule has 2 aromatic heterocycles. The van der Waals surface area contributed by atoms with Crippen molar-refractivity contribution < 1.29 is 0 Å². The van der Waals surface area contributed by atoms with Crippen molar-refractivity contribution in [2.24, 2.45) is 0 Å². The van der Waals surface area contributed by atoms with Gasteiger partial charge < -0.3 is 10.3 Å². The highest BCUT2D eigenvalue weighted by Gasteiger charge is 2.09. The van der Waals surface area contributed by atoms with E-state index in [0.29, 0.717) is 5.02 Å². The second kappa shape index (κ2) is 5.20. The molecule has 0 saturated carbocycles. The normalized spacial score (nSPS) is 10.6. The van der Waals surface area contributed by atoms with Crippen molar-refractivity contribution in [3.8, 4) is 5.69 Å². The van der Waals surface area contributed by atoms with E-state index < -0.39 is 0 Å². The van der Waals surface area contributed by atoms with Crippen molar-refractivity contribution in [1.82, 2.24) is 14.8 Å². The molecule has 0 radical (unpaired) electrons. The van der Waals surface area contributed by atoms with Crippen LogP contribution in [-0.2, 0) is 6.54 Å². The minimum Gasteiger partial charge on any atom is -0.379 e. The molecule has 3 rings (SSSR count). The van der Waals surface area contributed by atoms with Gasteiger partial charge in [-0.3, -0.25) is 0 Å². The van der Waals surface area contributed by atoms with Crippen LogP contribution in [0.2, 0.25) is 5.02 Å². The molecule has 0 aliphatic rings. The lowest BCUT2D eigenvalue weighted by molar-refractivity contribution is 0.879. The number of hydrogen-bond donors (Lipinski definition) is 2. The van der Waals surface area contributed by atoms with Gasteiger partial charge in [-0.15, -0.1) is 0 Å². The Hall–Kier alpha value is -2.20. The maximum absolute atomic E-state index is 6.27. The molecule has 3 aromatic rings. The van der Waals surface area contributed by atoms with Crippen molar-refractivity contribution in [1.29, 1.82) is 0 Å². The fourth-order valence-corrected chi connectivity index (χ4v) is 2.22. The first-order chi connectivity index (χ1) is 9.34. The third-order valence-electron chi connectivity index (χ3n) is 2.87. The lowest BCUT2D eigenvalue weighted by Gasteiger charge is -2.13. The predicted octanol–water partition coefficient (Wildman–Crippen LogP) is 3.47. The van der Waals surface area contributed by atoms with E-state index in [1.807, 2.05) is 48.9 Å². The van der Waals surface area contributed by atoms with Gasteiger partial charge in [-0.2, -0.15) is 5.10 Å². The van der Waals surface area contributed by atoms with Gasteiger partial charge in [0.25, 0.3) is 0 Å². The van der Waals surface area contributed by atoms with Crippen LogP contribution < -0.4 is 5.32 Å². The average molecular weight is 273 g/mol. The number of hydrogen-bond acceptors (Lipinski definition) is 2. The van der Waals surface area contributed by atoms with Crippen LogP contribution in [-0.4, -0.2) is 14.8 Å². The topological polar surface area (TPSA) is 45.6 Å². The Morgan fingerprint density at radius 3 is 2.95 bits per heavy atom. The van der Waals surface area contributed by atoms with E-state index in [-0.39, 0.29) is 0 Å². The average Bonchev–Trinajstić information content (AvgIpc) is 3.09. The van der Waals surface area contributed by atoms with E-state index in [1.54, 1.807) is 10.9 Å². The van der Waals surface area contributed by atoms with Gasteiger partial charge in [-0.05, 0) is 29.8 Å². The Morgan fingerprint density at radius 2 is 2.21 bits per heavy atom. The summed E-state index contributed by atoms with van der Waals surface area (Å²) in [5.74, 6) is 0. The van der Waals surface area contributed by atoms with Crippen molar-refractivity contribution in [3.63, 3.8) is 0 Å². The van der Waals surface area contributed by atoms with Crippen molar-refractivity contribution in [2.45, 2.75) is 6.54 Å². The number of H-pyrrole nitrogens is 1. The van der Waals surface area contributed by atoms with Crippen molar-refractivity contribution >= 4 is 17.3 Å². The van der Waals surface area contributed by atoms with Crippen LogP contribution in [0.3, 0.4) is 0 Å². The minimum atomic E-state index is 0.669. The molecule has 0 aliphatic carbocycles. The summed E-state index contributed by atoms with van der Waals surface area (Å²) in [4.78, 5) is 3.04. The molecule has 0 saturated heterocycles. The summed E-state index contributed by atoms with van der Waals surface area (Å²) in [6, 6.07) is 9.69. The zero-order chi connectivity index (χ0) is 13.1. The molecule has 96 valence electrons. The van der Waals surface area contributed by atoms with E-state index in [2.05, 4.69) is 15.4 Å². The largest absolute Gasteiger partial charge is 0.379 e. The number of para-hydroxylation sites is 1. The van der Waals surface area contributed by atoms with Crippen LogP contribution in [0.25, 0.3) is 5.69 Å². The number of nitrogens with zero attached hydrogens (tertiary/aromatic N) is 2. The number of aromatic nitrogens is 3. The first-order valence-electron chi connectivity index (χ1n) is 5.98. The van der Waals surface area contributed by atoms with E-state index >= 15 is 0 Å². The second-order valence-electron chi connectivity index (χ2n) is 4.16. The Morgan fingerprint density at radius 1 is 1.26 bits per heavy atom. The van der Waals surface area contributed by atoms with E-state index in [4.69, 9.17) is 11.6 Å². The van der Waals surface area contributed by atoms with E-state index in [9.17, 15) is 0 Å². The molecule has 0 unspecified atom stereocenters. The highest BCUT2D eigenvalue weighted by atomic mass is 35.5. The summed E-state index contributed by atoms with van der Waals surface area (Å²) in [6.07, 6.45) is 7.48. The summed E-state index contributed by atoms with van der Waals surface area (Å²) in [5, 5.41) is 8.29. The van der Waals surface area contributed by atoms with Crippen LogP contribution in [0.5, 0.6) is 0 Å². The van der Waals surface area contributed by atoms with Crippen LogP contribution in [0.4, 0.5) is 5.69 Å². The van der Waals surface area contributed by atoms with Gasteiger partial charge in [0.15, 0.2) is 0 Å². The smallest absolute Gasteiger partial charge is 0.106 e. The van der Waals surface area contributed by atoms with Gasteiger partial charge in [0.2, 0.25) is 0 Å². The predicted molar refractivity (Wildman–Crippen MR) is 76.7 cm³/mol. The Bertz CT molecular complexity index is 644. The number of rotatable bonds is 4. The Labute approximate surface area is 116 Å². The highest BCUT2D eigenvalue weighted by Crippen LogP contribution is 2.28. The van der Waals surface area contributed by atoms with Gasteiger partial charge in [0.05, 0.1) is 10.7 Å². The molecule has 0 amide bonds. The molecule has 0 aliphatic heterocycles. The number of halogens is 1. The lowest BCUT2D eigenvalue weighted by Crippen LogP contribution is -2.05. The molecule has 0 fully saturated rings. The Kier molecular flexibility index (Phi) is 3.25. The summed E-state index contributed by atoms with van der Waals surface area (Å²) in [5.41, 5.74) is 3.01. The van der Waals surface area contributed by atoms with Crippen LogP contribution in [0, 0.1) is 0 Å². The quantitative estimate of drug-likeness (QED) is 0.764. The van der Waals surface area contributed by atoms with E-state index in [1.165, 1.54) is 5.56 Å². The van der Waals surface area contributed by atoms with Gasteiger partial charge in [-0.1, -0.05) is 17.7 Å². The van der Waals surface area contributed by atoms with Crippen LogP contribution in [0.15, 0.2) is 55.1 Å². The zero-order valence-corrected chi connectivity index (χ0v) is 10.9. The molecular weight excluding hydrogens is 260 g/mol. The SMILES string of the molecule is Clc1cccc(NCc2cc[nH]c2)c1-n1cccn1. The van der Waals surface area contributed by atoms with Crippen LogP contribution >= 0.6 is 11.6 Å². The zero-order valence-electron chi connectivity index (χ0n) is 10.2. The van der Waals surface area contributed by atoms with E-state index in [0.717, 1.165) is 17.9 Å². The maximum atomic E-state index is 6.27. The third kappa shape index (κ3) is 2.48. The second-order valence-corrected chi connectivity index (χ2v) is 4.57. The van der Waals surface area contributed by atoms with Gasteiger partial charge in [-0.25, -0.2) is 4.68 Å². The monoisotopic (exact) mass is 272 g/mol. The fraction of sp³-hybridized carbons (Fsp3) is 0.0714.